The van der Waals surface area contributed by atoms with E-state index in [4.69, 9.17) is 10.0 Å². The maximum Gasteiger partial charge on any atom is 0.491 e. The van der Waals surface area contributed by atoms with Crippen molar-refractivity contribution >= 4 is 41.5 Å². The van der Waals surface area contributed by atoms with Crippen LogP contribution in [0.3, 0.4) is 0 Å². The Labute approximate surface area is 87.9 Å². The average Bonchev–Trinajstić information content (AvgIpc) is 2.08. The van der Waals surface area contributed by atoms with E-state index in [2.05, 4.69) is 0 Å². The van der Waals surface area contributed by atoms with Gasteiger partial charge in [0.2, 0.25) is 0 Å². The minimum atomic E-state index is -1.89. The first-order valence-corrected chi connectivity index (χ1v) is 4.44. The highest BCUT2D eigenvalue weighted by Gasteiger charge is 2.19. The van der Waals surface area contributed by atoms with Gasteiger partial charge in [0.25, 0.3) is 0 Å². The van der Waals surface area contributed by atoms with E-state index < -0.39 is 12.9 Å². The quantitative estimate of drug-likeness (QED) is 0.456. The zero-order chi connectivity index (χ0) is 10.0. The number of hydrogen-bond donors (Lipinski definition) is 2. The van der Waals surface area contributed by atoms with Gasteiger partial charge < -0.3 is 10.0 Å². The van der Waals surface area contributed by atoms with Crippen molar-refractivity contribution in [2.45, 2.75) is 0 Å². The first-order valence-electron chi connectivity index (χ1n) is 3.36. The van der Waals surface area contributed by atoms with Gasteiger partial charge in [0.1, 0.15) is 5.82 Å². The lowest BCUT2D eigenvalue weighted by Crippen LogP contribution is -2.33. The molecule has 0 unspecified atom stereocenters. The summed E-state index contributed by atoms with van der Waals surface area (Å²) in [6.45, 7) is 0. The van der Waals surface area contributed by atoms with Gasteiger partial charge in [-0.25, -0.2) is 4.39 Å². The number of aldehydes is 1. The SMILES string of the molecule is O=Cc1cc(I)cc(B(O)O)c1F. The standard InChI is InChI=1S/C7H5BFIO3/c9-7-4(3-11)1-5(10)2-6(7)8(12)13/h1-3,12-13H. The molecule has 68 valence electrons. The molecule has 0 heterocycles. The summed E-state index contributed by atoms with van der Waals surface area (Å²) in [6.07, 6.45) is 0.337. The topological polar surface area (TPSA) is 57.5 Å². The first kappa shape index (κ1) is 10.6. The van der Waals surface area contributed by atoms with Crippen molar-refractivity contribution in [3.05, 3.63) is 27.1 Å². The fourth-order valence-electron chi connectivity index (χ4n) is 0.906. The van der Waals surface area contributed by atoms with Crippen LogP contribution in [-0.4, -0.2) is 23.5 Å². The van der Waals surface area contributed by atoms with Gasteiger partial charge in [-0.05, 0) is 34.7 Å². The predicted molar refractivity (Wildman–Crippen MR) is 54.3 cm³/mol. The van der Waals surface area contributed by atoms with Gasteiger partial charge in [0.15, 0.2) is 6.29 Å². The molecule has 0 aliphatic rings. The number of benzene rings is 1. The maximum atomic E-state index is 13.1. The van der Waals surface area contributed by atoms with Crippen molar-refractivity contribution in [2.75, 3.05) is 0 Å². The van der Waals surface area contributed by atoms with Crippen LogP contribution in [0.25, 0.3) is 0 Å². The summed E-state index contributed by atoms with van der Waals surface area (Å²) >= 11 is 1.86. The van der Waals surface area contributed by atoms with Gasteiger partial charge in [-0.2, -0.15) is 0 Å². The van der Waals surface area contributed by atoms with E-state index in [0.29, 0.717) is 9.86 Å². The Bertz CT molecular complexity index is 343. The third-order valence-electron chi connectivity index (χ3n) is 1.50. The molecule has 1 rings (SSSR count). The third kappa shape index (κ3) is 2.26. The molecule has 0 amide bonds. The van der Waals surface area contributed by atoms with Crippen LogP contribution in [-0.2, 0) is 0 Å². The summed E-state index contributed by atoms with van der Waals surface area (Å²) in [5.74, 6) is -0.884. The van der Waals surface area contributed by atoms with Crippen LogP contribution < -0.4 is 5.46 Å². The minimum absolute atomic E-state index is 0.171. The van der Waals surface area contributed by atoms with E-state index >= 15 is 0 Å². The van der Waals surface area contributed by atoms with Crippen molar-refractivity contribution in [1.29, 1.82) is 0 Å². The van der Waals surface area contributed by atoms with Gasteiger partial charge >= 0.3 is 7.12 Å². The van der Waals surface area contributed by atoms with E-state index in [1.165, 1.54) is 12.1 Å². The Hall–Kier alpha value is -0.465. The Morgan fingerprint density at radius 3 is 2.54 bits per heavy atom. The molecule has 0 fully saturated rings. The highest BCUT2D eigenvalue weighted by Crippen LogP contribution is 2.09. The highest BCUT2D eigenvalue weighted by molar-refractivity contribution is 14.1. The largest absolute Gasteiger partial charge is 0.491 e. The molecule has 0 radical (unpaired) electrons. The van der Waals surface area contributed by atoms with Crippen LogP contribution in [0.15, 0.2) is 12.1 Å². The molecular weight excluding hydrogens is 289 g/mol. The summed E-state index contributed by atoms with van der Waals surface area (Å²) in [7, 11) is -1.89. The third-order valence-corrected chi connectivity index (χ3v) is 2.12. The van der Waals surface area contributed by atoms with Gasteiger partial charge in [-0.1, -0.05) is 0 Å². The molecule has 0 aliphatic carbocycles. The van der Waals surface area contributed by atoms with Crippen molar-refractivity contribution in [2.24, 2.45) is 0 Å². The molecule has 1 aromatic rings. The fourth-order valence-corrected chi connectivity index (χ4v) is 1.58. The van der Waals surface area contributed by atoms with E-state index in [0.717, 1.165) is 0 Å². The Morgan fingerprint density at radius 2 is 2.08 bits per heavy atom. The second kappa shape index (κ2) is 4.16. The van der Waals surface area contributed by atoms with E-state index in [1.54, 1.807) is 0 Å². The molecule has 0 bridgehead atoms. The Balaban J connectivity index is 3.35. The van der Waals surface area contributed by atoms with Crippen LogP contribution in [0.4, 0.5) is 4.39 Å². The predicted octanol–water partition coefficient (Wildman–Crippen LogP) is -0.0774. The average molecular weight is 294 g/mol. The van der Waals surface area contributed by atoms with Crippen molar-refractivity contribution in [3.8, 4) is 0 Å². The molecule has 0 aliphatic heterocycles. The molecule has 0 saturated carbocycles. The second-order valence-corrected chi connectivity index (χ2v) is 3.64. The Kier molecular flexibility index (Phi) is 3.40. The molecule has 1 aromatic carbocycles. The van der Waals surface area contributed by atoms with Crippen LogP contribution >= 0.6 is 22.6 Å². The van der Waals surface area contributed by atoms with Gasteiger partial charge in [0.05, 0.1) is 5.56 Å². The van der Waals surface area contributed by atoms with Crippen molar-refractivity contribution < 1.29 is 19.2 Å². The molecule has 0 saturated heterocycles. The zero-order valence-corrected chi connectivity index (χ0v) is 8.53. The first-order chi connectivity index (χ1) is 6.06. The molecule has 0 aromatic heterocycles. The molecule has 0 spiro atoms. The lowest BCUT2D eigenvalue weighted by molar-refractivity contribution is 0.112. The van der Waals surface area contributed by atoms with Crippen LogP contribution in [0.1, 0.15) is 10.4 Å². The van der Waals surface area contributed by atoms with Crippen LogP contribution in [0.2, 0.25) is 0 Å². The summed E-state index contributed by atoms with van der Waals surface area (Å²) in [5.41, 5.74) is -0.455. The van der Waals surface area contributed by atoms with E-state index in [-0.39, 0.29) is 11.0 Å². The van der Waals surface area contributed by atoms with Gasteiger partial charge in [-0.3, -0.25) is 4.79 Å². The molecule has 0 atom stereocenters. The fraction of sp³-hybridized carbons (Fsp3) is 0. The van der Waals surface area contributed by atoms with Crippen LogP contribution in [0, 0.1) is 9.39 Å². The monoisotopic (exact) mass is 294 g/mol. The summed E-state index contributed by atoms with van der Waals surface area (Å²) in [5, 5.41) is 17.5. The zero-order valence-electron chi connectivity index (χ0n) is 6.37. The Morgan fingerprint density at radius 1 is 1.46 bits per heavy atom. The lowest BCUT2D eigenvalue weighted by Gasteiger charge is -2.04. The number of carbonyl (C=O) groups is 1. The smallest absolute Gasteiger partial charge is 0.423 e. The minimum Gasteiger partial charge on any atom is -0.423 e. The molecule has 6 heteroatoms. The number of halogens is 2. The van der Waals surface area contributed by atoms with E-state index in [9.17, 15) is 9.18 Å². The number of carbonyl (C=O) groups excluding carboxylic acids is 1. The van der Waals surface area contributed by atoms with Gasteiger partial charge in [-0.15, -0.1) is 0 Å². The van der Waals surface area contributed by atoms with E-state index in [1.807, 2.05) is 22.6 Å². The van der Waals surface area contributed by atoms with Crippen molar-refractivity contribution in [1.82, 2.24) is 0 Å². The number of hydrogen-bond acceptors (Lipinski definition) is 3. The van der Waals surface area contributed by atoms with Crippen molar-refractivity contribution in [3.63, 3.8) is 0 Å². The second-order valence-electron chi connectivity index (χ2n) is 2.39. The molecular formula is C7H5BFIO3. The molecule has 2 N–H and O–H groups in total. The number of rotatable bonds is 2. The maximum absolute atomic E-state index is 13.1. The lowest BCUT2D eigenvalue weighted by atomic mass is 9.79. The summed E-state index contributed by atoms with van der Waals surface area (Å²) in [4.78, 5) is 10.3. The summed E-state index contributed by atoms with van der Waals surface area (Å²) < 4.78 is 13.7. The molecule has 13 heavy (non-hydrogen) atoms. The van der Waals surface area contributed by atoms with Gasteiger partial charge in [0, 0.05) is 9.03 Å². The molecule has 3 nitrogen and oxygen atoms in total. The highest BCUT2D eigenvalue weighted by atomic mass is 127. The summed E-state index contributed by atoms with van der Waals surface area (Å²) in [6, 6.07) is 2.60. The normalized spacial score (nSPS) is 9.85. The van der Waals surface area contributed by atoms with Crippen LogP contribution in [0.5, 0.6) is 0 Å².